The SMILES string of the molecule is CN=C(NCCCc1ccc(N(C)C)cc1)NC1CCc2nc(COC)nn2C1. The molecule has 0 bridgehead atoms. The van der Waals surface area contributed by atoms with Crippen molar-refractivity contribution in [1.29, 1.82) is 0 Å². The highest BCUT2D eigenvalue weighted by molar-refractivity contribution is 5.79. The van der Waals surface area contributed by atoms with Gasteiger partial charge in [-0.1, -0.05) is 12.1 Å². The van der Waals surface area contributed by atoms with E-state index in [1.807, 2.05) is 11.7 Å². The molecule has 158 valence electrons. The smallest absolute Gasteiger partial charge is 0.191 e. The van der Waals surface area contributed by atoms with Crippen molar-refractivity contribution in [3.05, 3.63) is 41.5 Å². The van der Waals surface area contributed by atoms with Crippen LogP contribution in [-0.2, 0) is 30.7 Å². The molecule has 8 heteroatoms. The number of methoxy groups -OCH3 is 1. The van der Waals surface area contributed by atoms with Crippen molar-refractivity contribution in [1.82, 2.24) is 25.4 Å². The molecule has 0 fully saturated rings. The summed E-state index contributed by atoms with van der Waals surface area (Å²) in [5.74, 6) is 2.64. The lowest BCUT2D eigenvalue weighted by atomic mass is 10.1. The Balaban J connectivity index is 1.41. The molecule has 1 aliphatic heterocycles. The molecule has 0 spiro atoms. The summed E-state index contributed by atoms with van der Waals surface area (Å²) in [4.78, 5) is 11.0. The van der Waals surface area contributed by atoms with E-state index in [-0.39, 0.29) is 0 Å². The number of aryl methyl sites for hydroxylation is 2. The van der Waals surface area contributed by atoms with E-state index in [2.05, 4.69) is 69.0 Å². The summed E-state index contributed by atoms with van der Waals surface area (Å²) < 4.78 is 7.12. The van der Waals surface area contributed by atoms with Gasteiger partial charge in [0.15, 0.2) is 11.8 Å². The van der Waals surface area contributed by atoms with Crippen molar-refractivity contribution in [2.75, 3.05) is 39.7 Å². The molecule has 0 radical (unpaired) electrons. The van der Waals surface area contributed by atoms with Gasteiger partial charge >= 0.3 is 0 Å². The first-order valence-electron chi connectivity index (χ1n) is 10.2. The lowest BCUT2D eigenvalue weighted by molar-refractivity contribution is 0.177. The van der Waals surface area contributed by atoms with Crippen LogP contribution < -0.4 is 15.5 Å². The highest BCUT2D eigenvalue weighted by Crippen LogP contribution is 2.14. The fourth-order valence-corrected chi connectivity index (χ4v) is 3.52. The van der Waals surface area contributed by atoms with Crippen LogP contribution in [0.2, 0.25) is 0 Å². The highest BCUT2D eigenvalue weighted by Gasteiger charge is 2.22. The molecule has 1 aliphatic rings. The van der Waals surface area contributed by atoms with Gasteiger partial charge in [0, 0.05) is 52.9 Å². The van der Waals surface area contributed by atoms with Crippen LogP contribution in [0.5, 0.6) is 0 Å². The molecule has 1 aromatic carbocycles. The van der Waals surface area contributed by atoms with E-state index in [4.69, 9.17) is 4.74 Å². The molecule has 2 N–H and O–H groups in total. The van der Waals surface area contributed by atoms with Crippen LogP contribution in [0.1, 0.15) is 30.1 Å². The number of guanidine groups is 1. The summed E-state index contributed by atoms with van der Waals surface area (Å²) in [6.45, 7) is 2.14. The first kappa shape index (κ1) is 21.1. The first-order chi connectivity index (χ1) is 14.1. The van der Waals surface area contributed by atoms with E-state index in [0.717, 1.165) is 56.4 Å². The summed E-state index contributed by atoms with van der Waals surface area (Å²) in [5, 5.41) is 11.5. The molecule has 3 rings (SSSR count). The Kier molecular flexibility index (Phi) is 7.46. The molecule has 2 heterocycles. The van der Waals surface area contributed by atoms with Gasteiger partial charge < -0.3 is 20.3 Å². The van der Waals surface area contributed by atoms with Gasteiger partial charge in [0.25, 0.3) is 0 Å². The Bertz CT molecular complexity index is 798. The van der Waals surface area contributed by atoms with Crippen LogP contribution in [0.4, 0.5) is 5.69 Å². The zero-order valence-corrected chi connectivity index (χ0v) is 18.0. The number of fused-ring (bicyclic) bond motifs is 1. The van der Waals surface area contributed by atoms with Gasteiger partial charge in [0.1, 0.15) is 12.4 Å². The van der Waals surface area contributed by atoms with Gasteiger partial charge in [-0.2, -0.15) is 5.10 Å². The van der Waals surface area contributed by atoms with Crippen LogP contribution in [0.15, 0.2) is 29.3 Å². The lowest BCUT2D eigenvalue weighted by Crippen LogP contribution is -2.47. The fourth-order valence-electron chi connectivity index (χ4n) is 3.52. The minimum atomic E-state index is 0.296. The predicted octanol–water partition coefficient (Wildman–Crippen LogP) is 1.60. The molecule has 8 nitrogen and oxygen atoms in total. The predicted molar refractivity (Wildman–Crippen MR) is 116 cm³/mol. The van der Waals surface area contributed by atoms with E-state index >= 15 is 0 Å². The monoisotopic (exact) mass is 399 g/mol. The Hall–Kier alpha value is -2.61. The van der Waals surface area contributed by atoms with Gasteiger partial charge in [0.2, 0.25) is 0 Å². The Morgan fingerprint density at radius 2 is 2.10 bits per heavy atom. The number of rotatable bonds is 8. The number of hydrogen-bond acceptors (Lipinski definition) is 5. The minimum absolute atomic E-state index is 0.296. The minimum Gasteiger partial charge on any atom is -0.378 e. The van der Waals surface area contributed by atoms with E-state index in [1.54, 1.807) is 7.11 Å². The standard InChI is InChI=1S/C21H33N7O/c1-22-21(23-13-5-6-16-7-10-18(11-8-16)27(2)3)24-17-9-12-20-25-19(15-29-4)26-28(20)14-17/h7-8,10-11,17H,5-6,9,12-15H2,1-4H3,(H2,22,23,24). The number of nitrogens with zero attached hydrogens (tertiary/aromatic N) is 5. The van der Waals surface area contributed by atoms with E-state index < -0.39 is 0 Å². The summed E-state index contributed by atoms with van der Waals surface area (Å²) >= 11 is 0. The maximum Gasteiger partial charge on any atom is 0.191 e. The molecule has 0 aliphatic carbocycles. The van der Waals surface area contributed by atoms with Crippen LogP contribution in [0, 0.1) is 0 Å². The largest absolute Gasteiger partial charge is 0.378 e. The van der Waals surface area contributed by atoms with E-state index in [9.17, 15) is 0 Å². The summed E-state index contributed by atoms with van der Waals surface area (Å²) in [6.07, 6.45) is 4.03. The molecular weight excluding hydrogens is 366 g/mol. The first-order valence-corrected chi connectivity index (χ1v) is 10.2. The quantitative estimate of drug-likeness (QED) is 0.399. The number of hydrogen-bond donors (Lipinski definition) is 2. The normalized spacial score (nSPS) is 16.4. The molecule has 29 heavy (non-hydrogen) atoms. The summed E-state index contributed by atoms with van der Waals surface area (Å²) in [6, 6.07) is 9.05. The average molecular weight is 400 g/mol. The van der Waals surface area contributed by atoms with Crippen molar-refractivity contribution in [2.45, 2.75) is 44.9 Å². The zero-order valence-electron chi connectivity index (χ0n) is 18.0. The van der Waals surface area contributed by atoms with Crippen LogP contribution in [0.25, 0.3) is 0 Å². The van der Waals surface area contributed by atoms with Crippen molar-refractivity contribution in [3.8, 4) is 0 Å². The number of benzene rings is 1. The molecule has 1 atom stereocenters. The van der Waals surface area contributed by atoms with Gasteiger partial charge in [-0.05, 0) is 37.0 Å². The van der Waals surface area contributed by atoms with E-state index in [0.29, 0.717) is 12.6 Å². The van der Waals surface area contributed by atoms with Crippen molar-refractivity contribution < 1.29 is 4.74 Å². The van der Waals surface area contributed by atoms with E-state index in [1.165, 1.54) is 11.3 Å². The number of nitrogens with one attached hydrogen (secondary N) is 2. The van der Waals surface area contributed by atoms with Crippen LogP contribution in [0.3, 0.4) is 0 Å². The number of ether oxygens (including phenoxy) is 1. The third kappa shape index (κ3) is 5.93. The summed E-state index contributed by atoms with van der Waals surface area (Å²) in [7, 11) is 7.60. The second-order valence-electron chi connectivity index (χ2n) is 7.60. The average Bonchev–Trinajstić information content (AvgIpc) is 3.12. The maximum absolute atomic E-state index is 5.13. The Labute approximate surface area is 173 Å². The maximum atomic E-state index is 5.13. The van der Waals surface area contributed by atoms with Crippen molar-refractivity contribution in [2.24, 2.45) is 4.99 Å². The van der Waals surface area contributed by atoms with Gasteiger partial charge in [0.05, 0.1) is 6.54 Å². The second-order valence-corrected chi connectivity index (χ2v) is 7.60. The topological polar surface area (TPSA) is 79.6 Å². The molecule has 0 amide bonds. The zero-order chi connectivity index (χ0) is 20.6. The molecule has 1 unspecified atom stereocenters. The molecule has 0 saturated carbocycles. The van der Waals surface area contributed by atoms with Gasteiger partial charge in [-0.25, -0.2) is 9.67 Å². The Morgan fingerprint density at radius 1 is 1.31 bits per heavy atom. The van der Waals surface area contributed by atoms with Crippen LogP contribution in [-0.4, -0.2) is 61.6 Å². The van der Waals surface area contributed by atoms with Gasteiger partial charge in [-0.3, -0.25) is 4.99 Å². The van der Waals surface area contributed by atoms with Crippen molar-refractivity contribution in [3.63, 3.8) is 0 Å². The molecule has 0 saturated heterocycles. The number of aliphatic imine (C=N–C) groups is 1. The summed E-state index contributed by atoms with van der Waals surface area (Å²) in [5.41, 5.74) is 2.59. The fraction of sp³-hybridized carbons (Fsp3) is 0.571. The second kappa shape index (κ2) is 10.2. The lowest BCUT2D eigenvalue weighted by Gasteiger charge is -2.25. The highest BCUT2D eigenvalue weighted by atomic mass is 16.5. The molecule has 1 aromatic heterocycles. The van der Waals surface area contributed by atoms with Crippen molar-refractivity contribution >= 4 is 11.6 Å². The Morgan fingerprint density at radius 3 is 2.79 bits per heavy atom. The number of aromatic nitrogens is 3. The third-order valence-electron chi connectivity index (χ3n) is 5.13. The molecule has 2 aromatic rings. The third-order valence-corrected chi connectivity index (χ3v) is 5.13. The molecular formula is C21H33N7O. The van der Waals surface area contributed by atoms with Crippen LogP contribution >= 0.6 is 0 Å². The van der Waals surface area contributed by atoms with Gasteiger partial charge in [-0.15, -0.1) is 0 Å². The number of anilines is 1.